The van der Waals surface area contributed by atoms with Gasteiger partial charge in [-0.2, -0.15) is 0 Å². The molecule has 214 valence electrons. The normalized spacial score (nSPS) is 12.8. The van der Waals surface area contributed by atoms with Gasteiger partial charge in [0.1, 0.15) is 27.3 Å². The molecule has 8 nitrogen and oxygen atoms in total. The van der Waals surface area contributed by atoms with Gasteiger partial charge >= 0.3 is 5.97 Å². The molecule has 10 heteroatoms. The number of rotatable bonds is 12. The van der Waals surface area contributed by atoms with Gasteiger partial charge in [0.05, 0.1) is 12.1 Å². The van der Waals surface area contributed by atoms with Gasteiger partial charge in [0.25, 0.3) is 5.91 Å². The molecule has 0 bridgehead atoms. The second-order valence-corrected chi connectivity index (χ2v) is 12.9. The van der Waals surface area contributed by atoms with Crippen molar-refractivity contribution in [2.75, 3.05) is 12.0 Å². The van der Waals surface area contributed by atoms with Gasteiger partial charge in [-0.1, -0.05) is 36.4 Å². The Hall–Kier alpha value is -3.79. The zero-order valence-electron chi connectivity index (χ0n) is 23.3. The average Bonchev–Trinajstić information content (AvgIpc) is 3.38. The first kappa shape index (κ1) is 30.7. The molecule has 40 heavy (non-hydrogen) atoms. The van der Waals surface area contributed by atoms with Crippen LogP contribution < -0.4 is 5.32 Å². The number of aromatic nitrogens is 2. The van der Waals surface area contributed by atoms with Gasteiger partial charge in [0.15, 0.2) is 0 Å². The Morgan fingerprint density at radius 3 is 2.48 bits per heavy atom. The summed E-state index contributed by atoms with van der Waals surface area (Å²) in [5.41, 5.74) is 1.97. The van der Waals surface area contributed by atoms with E-state index in [0.29, 0.717) is 24.9 Å². The van der Waals surface area contributed by atoms with Crippen molar-refractivity contribution in [1.82, 2.24) is 14.9 Å². The highest BCUT2D eigenvalue weighted by Gasteiger charge is 2.28. The Balaban J connectivity index is 1.87. The number of allylic oxidation sites excluding steroid dienone is 1. The maximum Gasteiger partial charge on any atom is 0.329 e. The summed E-state index contributed by atoms with van der Waals surface area (Å²) >= 11 is 0. The van der Waals surface area contributed by atoms with Gasteiger partial charge in [-0.15, -0.1) is 0 Å². The van der Waals surface area contributed by atoms with Gasteiger partial charge in [-0.3, -0.25) is 4.79 Å². The number of amides is 1. The number of hydrogen-bond donors (Lipinski definition) is 1. The Bertz CT molecular complexity index is 1430. The smallest absolute Gasteiger partial charge is 0.329 e. The summed E-state index contributed by atoms with van der Waals surface area (Å²) in [6, 6.07) is 10.5. The third-order valence-electron chi connectivity index (χ3n) is 5.93. The number of sulfone groups is 1. The lowest BCUT2D eigenvalue weighted by molar-refractivity contribution is -0.157. The molecule has 1 atom stereocenters. The zero-order valence-corrected chi connectivity index (χ0v) is 24.1. The minimum absolute atomic E-state index is 0.116. The number of carbonyl (C=O) groups is 2. The lowest BCUT2D eigenvalue weighted by Gasteiger charge is -2.25. The first-order valence-electron chi connectivity index (χ1n) is 13.0. The second-order valence-electron chi connectivity index (χ2n) is 10.7. The van der Waals surface area contributed by atoms with Gasteiger partial charge in [-0.25, -0.2) is 22.6 Å². The summed E-state index contributed by atoms with van der Waals surface area (Å²) in [4.78, 5) is 30.5. The van der Waals surface area contributed by atoms with E-state index in [4.69, 9.17) is 4.74 Å². The molecule has 0 saturated heterocycles. The van der Waals surface area contributed by atoms with Crippen LogP contribution in [0, 0.1) is 5.82 Å². The highest BCUT2D eigenvalue weighted by atomic mass is 32.2. The second kappa shape index (κ2) is 13.5. The highest BCUT2D eigenvalue weighted by Crippen LogP contribution is 2.18. The van der Waals surface area contributed by atoms with Crippen LogP contribution in [0.2, 0.25) is 0 Å². The summed E-state index contributed by atoms with van der Waals surface area (Å²) < 4.78 is 44.3. The van der Waals surface area contributed by atoms with Crippen molar-refractivity contribution in [1.29, 1.82) is 0 Å². The molecule has 1 aromatic heterocycles. The molecule has 0 spiro atoms. The van der Waals surface area contributed by atoms with Gasteiger partial charge in [0.2, 0.25) is 0 Å². The summed E-state index contributed by atoms with van der Waals surface area (Å²) in [6.45, 7) is 5.70. The third kappa shape index (κ3) is 10.4. The topological polar surface area (TPSA) is 107 Å². The van der Waals surface area contributed by atoms with Crippen LogP contribution >= 0.6 is 0 Å². The van der Waals surface area contributed by atoms with E-state index >= 15 is 0 Å². The van der Waals surface area contributed by atoms with Crippen molar-refractivity contribution < 1.29 is 27.1 Å². The molecule has 0 aliphatic heterocycles. The number of imidazole rings is 1. The SMILES string of the molecule is CC(C)(C)OC(=O)[C@H](CCS(C)(=O)=O)NC(=O)c1cc(/C=C\Cn2ccnc2)ccc1CCc1ccc(F)cc1. The van der Waals surface area contributed by atoms with Crippen LogP contribution in [-0.4, -0.2) is 53.5 Å². The predicted octanol–water partition coefficient (Wildman–Crippen LogP) is 4.40. The van der Waals surface area contributed by atoms with E-state index in [9.17, 15) is 22.4 Å². The molecule has 3 rings (SSSR count). The number of nitrogens with one attached hydrogen (secondary N) is 1. The lowest BCUT2D eigenvalue weighted by Crippen LogP contribution is -2.45. The van der Waals surface area contributed by atoms with Crippen molar-refractivity contribution in [3.63, 3.8) is 0 Å². The molecule has 0 unspecified atom stereocenters. The molecule has 0 aliphatic rings. The minimum atomic E-state index is -3.38. The van der Waals surface area contributed by atoms with Crippen molar-refractivity contribution in [2.24, 2.45) is 0 Å². The van der Waals surface area contributed by atoms with E-state index in [1.54, 1.807) is 51.5 Å². The van der Waals surface area contributed by atoms with Crippen LogP contribution in [0.3, 0.4) is 0 Å². The fourth-order valence-corrected chi connectivity index (χ4v) is 4.62. The number of ether oxygens (including phenoxy) is 1. The Morgan fingerprint density at radius 1 is 1.12 bits per heavy atom. The molecule has 0 aliphatic carbocycles. The van der Waals surface area contributed by atoms with Crippen molar-refractivity contribution >= 4 is 27.8 Å². The van der Waals surface area contributed by atoms with E-state index in [0.717, 1.165) is 22.9 Å². The predicted molar refractivity (Wildman–Crippen MR) is 153 cm³/mol. The van der Waals surface area contributed by atoms with Crippen LogP contribution in [0.15, 0.2) is 67.3 Å². The molecule has 3 aromatic rings. The Morgan fingerprint density at radius 2 is 1.85 bits per heavy atom. The zero-order chi connectivity index (χ0) is 29.3. The van der Waals surface area contributed by atoms with E-state index in [1.165, 1.54) is 12.1 Å². The molecular weight excluding hydrogens is 533 g/mol. The van der Waals surface area contributed by atoms with E-state index < -0.39 is 33.4 Å². The number of esters is 1. The van der Waals surface area contributed by atoms with Crippen molar-refractivity contribution in [3.05, 3.63) is 95.3 Å². The summed E-state index contributed by atoms with van der Waals surface area (Å²) in [7, 11) is -3.38. The van der Waals surface area contributed by atoms with Gasteiger partial charge in [-0.05, 0) is 74.9 Å². The maximum atomic E-state index is 13.6. The van der Waals surface area contributed by atoms with E-state index in [1.807, 2.05) is 35.0 Å². The van der Waals surface area contributed by atoms with Gasteiger partial charge < -0.3 is 14.6 Å². The number of benzene rings is 2. The van der Waals surface area contributed by atoms with Crippen LogP contribution in [-0.2, 0) is 38.8 Å². The van der Waals surface area contributed by atoms with Crippen LogP contribution in [0.1, 0.15) is 54.2 Å². The standard InChI is InChI=1S/C30H36FN3O5S/c1-30(2,3)39-29(36)27(15-19-40(4,37)38)33-28(35)26-20-23(6-5-17-34-18-16-32-21-34)8-12-24(26)11-7-22-9-13-25(31)14-10-22/h5-6,8-10,12-14,16,18,20-21,27H,7,11,15,17,19H2,1-4H3,(H,33,35)/b6-5-/t27-/m0/s1. The first-order chi connectivity index (χ1) is 18.8. The molecular formula is C30H36FN3O5S. The van der Waals surface area contributed by atoms with Crippen molar-refractivity contribution in [3.8, 4) is 0 Å². The van der Waals surface area contributed by atoms with Crippen LogP contribution in [0.25, 0.3) is 6.08 Å². The quantitative estimate of drug-likeness (QED) is 0.324. The number of nitrogens with zero attached hydrogens (tertiary/aromatic N) is 2. The highest BCUT2D eigenvalue weighted by molar-refractivity contribution is 7.90. The molecule has 2 aromatic carbocycles. The molecule has 0 fully saturated rings. The fourth-order valence-electron chi connectivity index (χ4n) is 3.95. The number of halogens is 1. The van der Waals surface area contributed by atoms with Crippen LogP contribution in [0.4, 0.5) is 4.39 Å². The molecule has 0 radical (unpaired) electrons. The summed E-state index contributed by atoms with van der Waals surface area (Å²) in [6.07, 6.45) is 11.1. The van der Waals surface area contributed by atoms with Gasteiger partial charge in [0, 0.05) is 30.8 Å². The maximum absolute atomic E-state index is 13.6. The largest absolute Gasteiger partial charge is 0.458 e. The summed E-state index contributed by atoms with van der Waals surface area (Å²) in [5.74, 6) is -1.82. The molecule has 1 N–H and O–H groups in total. The third-order valence-corrected chi connectivity index (χ3v) is 6.91. The fraction of sp³-hybridized carbons (Fsp3) is 0.367. The molecule has 0 saturated carbocycles. The van der Waals surface area contributed by atoms with Crippen molar-refractivity contribution in [2.45, 2.75) is 58.2 Å². The first-order valence-corrected chi connectivity index (χ1v) is 15.1. The Kier molecular flexibility index (Phi) is 10.4. The number of aryl methyl sites for hydroxylation is 2. The Labute approximate surface area is 235 Å². The van der Waals surface area contributed by atoms with E-state index in [2.05, 4.69) is 10.3 Å². The number of carbonyl (C=O) groups excluding carboxylic acids is 2. The van der Waals surface area contributed by atoms with Crippen LogP contribution in [0.5, 0.6) is 0 Å². The number of hydrogen-bond acceptors (Lipinski definition) is 6. The monoisotopic (exact) mass is 569 g/mol. The molecule has 1 heterocycles. The average molecular weight is 570 g/mol. The summed E-state index contributed by atoms with van der Waals surface area (Å²) in [5, 5.41) is 2.72. The minimum Gasteiger partial charge on any atom is -0.458 e. The lowest BCUT2D eigenvalue weighted by atomic mass is 9.96. The van der Waals surface area contributed by atoms with E-state index in [-0.39, 0.29) is 18.0 Å². The molecule has 1 amide bonds.